The quantitative estimate of drug-likeness (QED) is 0.720. The molecule has 1 aliphatic carbocycles. The van der Waals surface area contributed by atoms with Crippen molar-refractivity contribution in [2.45, 2.75) is 57.2 Å². The molecule has 1 aromatic carbocycles. The Balaban J connectivity index is 1.32. The molecule has 8 heteroatoms. The molecule has 3 N–H and O–H groups in total. The van der Waals surface area contributed by atoms with E-state index < -0.39 is 0 Å². The molecular weight excluding hydrogens is 380 g/mol. The van der Waals surface area contributed by atoms with Crippen molar-refractivity contribution in [3.63, 3.8) is 0 Å². The maximum atomic E-state index is 12.5. The summed E-state index contributed by atoms with van der Waals surface area (Å²) in [6, 6.07) is 8.35. The third-order valence-electron chi connectivity index (χ3n) is 6.36. The molecular formula is C22H28N6O2. The lowest BCUT2D eigenvalue weighted by atomic mass is 10.1. The van der Waals surface area contributed by atoms with Gasteiger partial charge in [-0.2, -0.15) is 4.98 Å². The number of piperidine rings is 1. The lowest BCUT2D eigenvalue weighted by Crippen LogP contribution is -2.49. The summed E-state index contributed by atoms with van der Waals surface area (Å²) in [5, 5.41) is 15.9. The number of nitrogens with one attached hydrogen (secondary N) is 2. The van der Waals surface area contributed by atoms with Crippen molar-refractivity contribution in [3.05, 3.63) is 36.0 Å². The van der Waals surface area contributed by atoms with Crippen LogP contribution in [0.2, 0.25) is 0 Å². The average molecular weight is 409 g/mol. The van der Waals surface area contributed by atoms with Crippen LogP contribution in [0.1, 0.15) is 44.1 Å². The summed E-state index contributed by atoms with van der Waals surface area (Å²) < 4.78 is 0. The molecule has 0 radical (unpaired) electrons. The number of carbonyl (C=O) groups excluding carboxylic acids is 1. The van der Waals surface area contributed by atoms with Gasteiger partial charge in [0.05, 0.1) is 6.10 Å². The van der Waals surface area contributed by atoms with E-state index >= 15 is 0 Å². The second kappa shape index (κ2) is 8.10. The molecule has 30 heavy (non-hydrogen) atoms. The molecule has 2 fully saturated rings. The average Bonchev–Trinajstić information content (AvgIpc) is 3.29. The van der Waals surface area contributed by atoms with Gasteiger partial charge in [0.2, 0.25) is 5.95 Å². The van der Waals surface area contributed by atoms with Gasteiger partial charge in [-0.15, -0.1) is 0 Å². The normalized spacial score (nSPS) is 20.2. The highest BCUT2D eigenvalue weighted by Gasteiger charge is 2.33. The van der Waals surface area contributed by atoms with Crippen molar-refractivity contribution in [2.75, 3.05) is 28.2 Å². The van der Waals surface area contributed by atoms with Gasteiger partial charge in [0.1, 0.15) is 5.82 Å². The van der Waals surface area contributed by atoms with Gasteiger partial charge >= 0.3 is 6.03 Å². The lowest BCUT2D eigenvalue weighted by Gasteiger charge is -2.33. The molecule has 3 heterocycles. The number of amides is 2. The summed E-state index contributed by atoms with van der Waals surface area (Å²) in [4.78, 5) is 25.8. The number of anilines is 4. The van der Waals surface area contributed by atoms with Crippen LogP contribution in [0.5, 0.6) is 0 Å². The molecule has 2 aliphatic heterocycles. The van der Waals surface area contributed by atoms with Crippen LogP contribution in [0.3, 0.4) is 0 Å². The van der Waals surface area contributed by atoms with Crippen molar-refractivity contribution < 1.29 is 9.90 Å². The Hall–Kier alpha value is -2.87. The van der Waals surface area contributed by atoms with E-state index in [0.29, 0.717) is 12.5 Å². The molecule has 0 atom stereocenters. The second-order valence-corrected chi connectivity index (χ2v) is 8.40. The standard InChI is InChI=1S/C22H28N6O2/c29-19-9-11-27(12-10-19)17-7-5-16(6-8-17)25-21-23-13-15-14-24-22(30)28(20(15)26-21)18-3-1-2-4-18/h5-8,13,18-19,29H,1-4,9-12,14H2,(H,24,30)(H,23,25,26). The lowest BCUT2D eigenvalue weighted by molar-refractivity contribution is 0.145. The van der Waals surface area contributed by atoms with Crippen LogP contribution in [-0.2, 0) is 6.54 Å². The molecule has 8 nitrogen and oxygen atoms in total. The van der Waals surface area contributed by atoms with Crippen LogP contribution in [-0.4, -0.2) is 46.3 Å². The Morgan fingerprint density at radius 2 is 1.80 bits per heavy atom. The Morgan fingerprint density at radius 3 is 2.53 bits per heavy atom. The molecule has 158 valence electrons. The highest BCUT2D eigenvalue weighted by atomic mass is 16.3. The fourth-order valence-electron chi connectivity index (χ4n) is 4.65. The van der Waals surface area contributed by atoms with Crippen molar-refractivity contribution in [1.82, 2.24) is 15.3 Å². The van der Waals surface area contributed by atoms with Gasteiger partial charge < -0.3 is 20.6 Å². The number of aliphatic hydroxyl groups is 1. The number of urea groups is 1. The summed E-state index contributed by atoms with van der Waals surface area (Å²) in [5.41, 5.74) is 3.01. The van der Waals surface area contributed by atoms with E-state index in [1.807, 2.05) is 17.0 Å². The Bertz CT molecular complexity index is 904. The van der Waals surface area contributed by atoms with E-state index in [-0.39, 0.29) is 18.2 Å². The van der Waals surface area contributed by atoms with E-state index in [1.165, 1.54) is 0 Å². The number of aromatic nitrogens is 2. The number of nitrogens with zero attached hydrogens (tertiary/aromatic N) is 4. The number of hydrogen-bond acceptors (Lipinski definition) is 6. The van der Waals surface area contributed by atoms with Crippen LogP contribution in [0.25, 0.3) is 0 Å². The minimum Gasteiger partial charge on any atom is -0.393 e. The number of hydrogen-bond donors (Lipinski definition) is 3. The van der Waals surface area contributed by atoms with E-state index in [2.05, 4.69) is 32.7 Å². The first-order valence-electron chi connectivity index (χ1n) is 10.9. The molecule has 5 rings (SSSR count). The Labute approximate surface area is 176 Å². The second-order valence-electron chi connectivity index (χ2n) is 8.40. The molecule has 2 aromatic rings. The van der Waals surface area contributed by atoms with Crippen molar-refractivity contribution >= 4 is 29.2 Å². The third kappa shape index (κ3) is 3.79. The molecule has 1 saturated heterocycles. The van der Waals surface area contributed by atoms with Crippen molar-refractivity contribution in [3.8, 4) is 0 Å². The number of aliphatic hydroxyl groups excluding tert-OH is 1. The molecule has 0 spiro atoms. The van der Waals surface area contributed by atoms with Crippen molar-refractivity contribution in [2.24, 2.45) is 0 Å². The van der Waals surface area contributed by atoms with Gasteiger partial charge in [0.25, 0.3) is 0 Å². The first kappa shape index (κ1) is 19.1. The minimum absolute atomic E-state index is 0.0601. The first-order chi connectivity index (χ1) is 14.7. The predicted molar refractivity (Wildman–Crippen MR) is 116 cm³/mol. The number of fused-ring (bicyclic) bond motifs is 1. The smallest absolute Gasteiger partial charge is 0.323 e. The zero-order valence-electron chi connectivity index (χ0n) is 17.0. The predicted octanol–water partition coefficient (Wildman–Crippen LogP) is 3.15. The monoisotopic (exact) mass is 408 g/mol. The van der Waals surface area contributed by atoms with Gasteiger partial charge in [-0.05, 0) is 49.9 Å². The van der Waals surface area contributed by atoms with Gasteiger partial charge in [-0.1, -0.05) is 12.8 Å². The van der Waals surface area contributed by atoms with Crippen LogP contribution < -0.4 is 20.4 Å². The largest absolute Gasteiger partial charge is 0.393 e. The van der Waals surface area contributed by atoms with Crippen molar-refractivity contribution in [1.29, 1.82) is 0 Å². The zero-order valence-corrected chi connectivity index (χ0v) is 17.0. The minimum atomic E-state index is -0.172. The molecule has 1 aromatic heterocycles. The Morgan fingerprint density at radius 1 is 1.07 bits per heavy atom. The molecule has 2 amide bonds. The summed E-state index contributed by atoms with van der Waals surface area (Å²) >= 11 is 0. The first-order valence-corrected chi connectivity index (χ1v) is 10.9. The van der Waals surface area contributed by atoms with Gasteiger partial charge in [-0.3, -0.25) is 4.90 Å². The third-order valence-corrected chi connectivity index (χ3v) is 6.36. The topological polar surface area (TPSA) is 93.6 Å². The van der Waals surface area contributed by atoms with E-state index in [1.54, 1.807) is 6.20 Å². The number of benzene rings is 1. The summed E-state index contributed by atoms with van der Waals surface area (Å²) in [6.07, 6.45) is 7.62. The highest BCUT2D eigenvalue weighted by Crippen LogP contribution is 2.32. The maximum Gasteiger partial charge on any atom is 0.323 e. The molecule has 1 saturated carbocycles. The fourth-order valence-corrected chi connectivity index (χ4v) is 4.65. The van der Waals surface area contributed by atoms with E-state index in [9.17, 15) is 9.90 Å². The van der Waals surface area contributed by atoms with Crippen LogP contribution in [0.15, 0.2) is 30.5 Å². The van der Waals surface area contributed by atoms with Crippen LogP contribution >= 0.6 is 0 Å². The summed E-state index contributed by atoms with van der Waals surface area (Å²) in [5.74, 6) is 1.23. The number of carbonyl (C=O) groups is 1. The van der Waals surface area contributed by atoms with Crippen LogP contribution in [0.4, 0.5) is 27.9 Å². The molecule has 0 unspecified atom stereocenters. The molecule has 0 bridgehead atoms. The Kier molecular flexibility index (Phi) is 5.16. The van der Waals surface area contributed by atoms with Gasteiger partial charge in [-0.25, -0.2) is 9.78 Å². The maximum absolute atomic E-state index is 12.5. The van der Waals surface area contributed by atoms with Crippen LogP contribution in [0, 0.1) is 0 Å². The summed E-state index contributed by atoms with van der Waals surface area (Å²) in [7, 11) is 0. The SMILES string of the molecule is O=C1NCc2cnc(Nc3ccc(N4CCC(O)CC4)cc3)nc2N1C1CCCC1. The van der Waals surface area contributed by atoms with E-state index in [0.717, 1.165) is 74.4 Å². The highest BCUT2D eigenvalue weighted by molar-refractivity contribution is 5.94. The fraction of sp³-hybridized carbons (Fsp3) is 0.500. The summed E-state index contributed by atoms with van der Waals surface area (Å²) in [6.45, 7) is 2.22. The molecule has 3 aliphatic rings. The van der Waals surface area contributed by atoms with Gasteiger partial charge in [0.15, 0.2) is 0 Å². The van der Waals surface area contributed by atoms with Gasteiger partial charge in [0, 0.05) is 48.8 Å². The number of rotatable bonds is 4. The van der Waals surface area contributed by atoms with E-state index in [4.69, 9.17) is 4.98 Å². The zero-order chi connectivity index (χ0) is 20.5.